The molecule has 4 aromatic rings. The van der Waals surface area contributed by atoms with Gasteiger partial charge < -0.3 is 30.6 Å². The number of rotatable bonds is 8. The lowest BCUT2D eigenvalue weighted by atomic mass is 9.92. The van der Waals surface area contributed by atoms with E-state index in [0.717, 1.165) is 55.3 Å². The van der Waals surface area contributed by atoms with Crippen molar-refractivity contribution in [1.29, 1.82) is 0 Å². The zero-order valence-electron chi connectivity index (χ0n) is 27.8. The number of H-pyrrole nitrogens is 1. The molecule has 3 aromatic carbocycles. The van der Waals surface area contributed by atoms with Crippen molar-refractivity contribution in [2.24, 2.45) is 4.99 Å². The molecule has 0 saturated carbocycles. The predicted molar refractivity (Wildman–Crippen MR) is 187 cm³/mol. The van der Waals surface area contributed by atoms with Crippen molar-refractivity contribution in [3.8, 4) is 22.4 Å². The second-order valence-electron chi connectivity index (χ2n) is 13.0. The zero-order valence-corrected chi connectivity index (χ0v) is 27.8. The molecule has 3 aliphatic rings. The summed E-state index contributed by atoms with van der Waals surface area (Å²) in [6, 6.07) is 22.0. The first kappa shape index (κ1) is 31.6. The number of hydrogen-bond donors (Lipinski definition) is 4. The van der Waals surface area contributed by atoms with E-state index in [4.69, 9.17) is 14.7 Å². The summed E-state index contributed by atoms with van der Waals surface area (Å²) < 4.78 is 4.83. The van der Waals surface area contributed by atoms with Crippen molar-refractivity contribution < 1.29 is 14.3 Å². The molecule has 4 atom stereocenters. The fourth-order valence-corrected chi connectivity index (χ4v) is 7.36. The average molecular weight is 646 g/mol. The van der Waals surface area contributed by atoms with Crippen molar-refractivity contribution in [2.45, 2.75) is 63.7 Å². The Morgan fingerprint density at radius 1 is 0.958 bits per heavy atom. The fraction of sp³-hybridized carbons (Fsp3) is 0.368. The molecule has 10 heteroatoms. The minimum absolute atomic E-state index is 0.184. The van der Waals surface area contributed by atoms with Gasteiger partial charge in [-0.25, -0.2) is 9.78 Å². The number of aromatic amines is 1. The number of nitrogens with zero attached hydrogens (tertiary/aromatic N) is 3. The molecule has 2 saturated heterocycles. The molecule has 0 radical (unpaired) electrons. The van der Waals surface area contributed by atoms with E-state index in [-0.39, 0.29) is 18.0 Å². The Kier molecular flexibility index (Phi) is 8.99. The Morgan fingerprint density at radius 2 is 1.75 bits per heavy atom. The van der Waals surface area contributed by atoms with Gasteiger partial charge in [-0.05, 0) is 91.1 Å². The molecule has 0 aliphatic carbocycles. The summed E-state index contributed by atoms with van der Waals surface area (Å²) in [7, 11) is 1.30. The SMILES string of the molecule is COC(=O)N[C@@H](C(=O)N1CCC[C@H]1c1ncc(-c2ccc(-c3ccc(C4CN=C([C@@H]5CCCN5)N4)cc3C)c(C)c2)[nH]1)c1ccccc1. The van der Waals surface area contributed by atoms with Crippen LogP contribution >= 0.6 is 0 Å². The maximum absolute atomic E-state index is 13.9. The summed E-state index contributed by atoms with van der Waals surface area (Å²) in [5, 5.41) is 9.93. The predicted octanol–water partition coefficient (Wildman–Crippen LogP) is 5.92. The standard InChI is InChI=1S/C38H43N7O3/c1-23-19-26(31-21-40-35(42-31)30-11-7-17-39-30)13-15-28(23)29-16-14-27(20-24(29)2)32-22-41-36(43-32)33-12-8-18-45(33)37(46)34(44-38(47)48-3)25-9-5-4-6-10-25/h4-6,9-10,13-16,19-20,22,30-31,33-34,39H,7-8,11-12,17-18,21H2,1-3H3,(H,40,42)(H,41,43)(H,44,47)/t30-,31?,33-,34+/m0/s1. The van der Waals surface area contributed by atoms with Crippen molar-refractivity contribution in [3.63, 3.8) is 0 Å². The second-order valence-corrected chi connectivity index (χ2v) is 13.0. The number of nitrogens with one attached hydrogen (secondary N) is 4. The summed E-state index contributed by atoms with van der Waals surface area (Å²) in [6.45, 7) is 6.75. The highest BCUT2D eigenvalue weighted by Crippen LogP contribution is 2.36. The van der Waals surface area contributed by atoms with E-state index < -0.39 is 12.1 Å². The lowest BCUT2D eigenvalue weighted by Crippen LogP contribution is -2.42. The average Bonchev–Trinajstić information content (AvgIpc) is 3.94. The van der Waals surface area contributed by atoms with Crippen LogP contribution in [-0.4, -0.2) is 65.5 Å². The Balaban J connectivity index is 1.06. The van der Waals surface area contributed by atoms with Gasteiger partial charge in [0.15, 0.2) is 0 Å². The summed E-state index contributed by atoms with van der Waals surface area (Å²) in [6.07, 6.45) is 5.18. The van der Waals surface area contributed by atoms with Crippen LogP contribution in [0.1, 0.15) is 71.9 Å². The van der Waals surface area contributed by atoms with Gasteiger partial charge in [0.2, 0.25) is 0 Å². The maximum Gasteiger partial charge on any atom is 0.407 e. The van der Waals surface area contributed by atoms with Crippen LogP contribution in [0.25, 0.3) is 22.4 Å². The first-order chi connectivity index (χ1) is 23.4. The van der Waals surface area contributed by atoms with Crippen LogP contribution in [0.15, 0.2) is 77.9 Å². The van der Waals surface area contributed by atoms with E-state index in [1.54, 1.807) is 0 Å². The molecule has 10 nitrogen and oxygen atoms in total. The van der Waals surface area contributed by atoms with Crippen LogP contribution in [0.5, 0.6) is 0 Å². The highest BCUT2D eigenvalue weighted by molar-refractivity contribution is 5.90. The van der Waals surface area contributed by atoms with E-state index in [2.05, 4.69) is 71.2 Å². The van der Waals surface area contributed by atoms with E-state index in [1.807, 2.05) is 41.4 Å². The molecular weight excluding hydrogens is 602 g/mol. The van der Waals surface area contributed by atoms with E-state index in [9.17, 15) is 9.59 Å². The molecule has 48 heavy (non-hydrogen) atoms. The van der Waals surface area contributed by atoms with Crippen molar-refractivity contribution in [2.75, 3.05) is 26.7 Å². The largest absolute Gasteiger partial charge is 0.453 e. The number of amides is 2. The normalized spacial score (nSPS) is 21.1. The number of aromatic nitrogens is 2. The van der Waals surface area contributed by atoms with Crippen LogP contribution in [0, 0.1) is 13.8 Å². The highest BCUT2D eigenvalue weighted by atomic mass is 16.5. The number of carbonyl (C=O) groups excluding carboxylic acids is 2. The lowest BCUT2D eigenvalue weighted by molar-refractivity contribution is -0.134. The number of amidine groups is 1. The fourth-order valence-electron chi connectivity index (χ4n) is 7.36. The number of aliphatic imine (C=N–C) groups is 1. The smallest absolute Gasteiger partial charge is 0.407 e. The van der Waals surface area contributed by atoms with E-state index in [0.29, 0.717) is 18.2 Å². The Labute approximate surface area is 281 Å². The Hall–Kier alpha value is -4.96. The monoisotopic (exact) mass is 645 g/mol. The minimum atomic E-state index is -0.851. The summed E-state index contributed by atoms with van der Waals surface area (Å²) in [5.41, 5.74) is 8.74. The highest BCUT2D eigenvalue weighted by Gasteiger charge is 2.37. The van der Waals surface area contributed by atoms with Crippen LogP contribution < -0.4 is 16.0 Å². The molecule has 1 unspecified atom stereocenters. The van der Waals surface area contributed by atoms with Gasteiger partial charge in [0.1, 0.15) is 17.7 Å². The molecule has 4 N–H and O–H groups in total. The topological polar surface area (TPSA) is 124 Å². The number of hydrogen-bond acceptors (Lipinski definition) is 7. The van der Waals surface area contributed by atoms with Crippen molar-refractivity contribution in [1.82, 2.24) is 30.8 Å². The molecule has 4 heterocycles. The summed E-state index contributed by atoms with van der Waals surface area (Å²) in [4.78, 5) is 40.9. The van der Waals surface area contributed by atoms with Gasteiger partial charge in [-0.2, -0.15) is 0 Å². The van der Waals surface area contributed by atoms with Crippen molar-refractivity contribution >= 4 is 17.8 Å². The lowest BCUT2D eigenvalue weighted by Gasteiger charge is -2.28. The van der Waals surface area contributed by atoms with Gasteiger partial charge >= 0.3 is 6.09 Å². The van der Waals surface area contributed by atoms with Gasteiger partial charge in [0.05, 0.1) is 43.7 Å². The number of alkyl carbamates (subject to hydrolysis) is 1. The van der Waals surface area contributed by atoms with Gasteiger partial charge in [-0.3, -0.25) is 9.79 Å². The van der Waals surface area contributed by atoms with Gasteiger partial charge in [-0.15, -0.1) is 0 Å². The van der Waals surface area contributed by atoms with Gasteiger partial charge in [0.25, 0.3) is 5.91 Å². The number of ether oxygens (including phenoxy) is 1. The molecule has 0 bridgehead atoms. The first-order valence-corrected chi connectivity index (χ1v) is 16.9. The third-order valence-electron chi connectivity index (χ3n) is 9.91. The molecule has 248 valence electrons. The van der Waals surface area contributed by atoms with Crippen LogP contribution in [0.2, 0.25) is 0 Å². The number of benzene rings is 3. The van der Waals surface area contributed by atoms with Crippen LogP contribution in [0.3, 0.4) is 0 Å². The first-order valence-electron chi connectivity index (χ1n) is 16.9. The number of carbonyl (C=O) groups is 2. The molecule has 2 fully saturated rings. The molecular formula is C38H43N7O3. The number of likely N-dealkylation sites (tertiary alicyclic amines) is 1. The third-order valence-corrected chi connectivity index (χ3v) is 9.91. The van der Waals surface area contributed by atoms with E-state index >= 15 is 0 Å². The number of aryl methyl sites for hydroxylation is 2. The molecule has 1 aromatic heterocycles. The summed E-state index contributed by atoms with van der Waals surface area (Å²) >= 11 is 0. The molecule has 3 aliphatic heterocycles. The van der Waals surface area contributed by atoms with Gasteiger partial charge in [0, 0.05) is 6.54 Å². The van der Waals surface area contributed by atoms with Crippen LogP contribution in [-0.2, 0) is 9.53 Å². The van der Waals surface area contributed by atoms with Gasteiger partial charge in [-0.1, -0.05) is 60.7 Å². The van der Waals surface area contributed by atoms with E-state index in [1.165, 1.54) is 41.3 Å². The maximum atomic E-state index is 13.9. The third kappa shape index (κ3) is 6.32. The minimum Gasteiger partial charge on any atom is -0.453 e. The quantitative estimate of drug-likeness (QED) is 0.189. The summed E-state index contributed by atoms with van der Waals surface area (Å²) in [5.74, 6) is 1.66. The Morgan fingerprint density at radius 3 is 2.48 bits per heavy atom. The zero-order chi connectivity index (χ0) is 33.2. The molecule has 7 rings (SSSR count). The molecule has 0 spiro atoms. The van der Waals surface area contributed by atoms with Crippen LogP contribution in [0.4, 0.5) is 4.79 Å². The Bertz CT molecular complexity index is 1830. The number of methoxy groups -OCH3 is 1. The van der Waals surface area contributed by atoms with Crippen molar-refractivity contribution in [3.05, 3.63) is 101 Å². The number of imidazole rings is 1. The second kappa shape index (κ2) is 13.6. The molecule has 2 amide bonds.